The van der Waals surface area contributed by atoms with Gasteiger partial charge in [-0.1, -0.05) is 42.5 Å². The maximum Gasteiger partial charge on any atom is 0.325 e. The maximum atomic E-state index is 11.8. The van der Waals surface area contributed by atoms with Gasteiger partial charge in [-0.15, -0.1) is 23.1 Å². The number of hydrogen-bond acceptors (Lipinski definition) is 3. The standard InChI is InChI=1S/C15H12O2S2/c16-14(17)15(11-5-2-1-3-6-11)9-8-13(19-15)12-7-4-10-18-12/h1-8,10H,9H2,(H,16,17). The summed E-state index contributed by atoms with van der Waals surface area (Å²) in [7, 11) is 0. The van der Waals surface area contributed by atoms with Crippen LogP contribution < -0.4 is 0 Å². The van der Waals surface area contributed by atoms with Crippen molar-refractivity contribution in [3.05, 3.63) is 64.4 Å². The van der Waals surface area contributed by atoms with Crippen molar-refractivity contribution in [1.29, 1.82) is 0 Å². The van der Waals surface area contributed by atoms with Crippen LogP contribution in [0.2, 0.25) is 0 Å². The van der Waals surface area contributed by atoms with Crippen LogP contribution in [0.3, 0.4) is 0 Å². The second kappa shape index (κ2) is 4.87. The van der Waals surface area contributed by atoms with Gasteiger partial charge in [0, 0.05) is 9.78 Å². The number of carboxylic acid groups (broad SMARTS) is 1. The molecule has 0 saturated carbocycles. The Morgan fingerprint density at radius 1 is 1.16 bits per heavy atom. The van der Waals surface area contributed by atoms with Gasteiger partial charge in [0.05, 0.1) is 0 Å². The molecule has 2 nitrogen and oxygen atoms in total. The number of aliphatic carboxylic acids is 1. The molecule has 0 amide bonds. The normalized spacial score (nSPS) is 22.2. The number of rotatable bonds is 3. The fourth-order valence-electron chi connectivity index (χ4n) is 2.22. The number of carboxylic acids is 1. The van der Waals surface area contributed by atoms with E-state index in [2.05, 4.69) is 0 Å². The van der Waals surface area contributed by atoms with Crippen LogP contribution in [0.15, 0.2) is 53.9 Å². The summed E-state index contributed by atoms with van der Waals surface area (Å²) in [5.74, 6) is -0.772. The monoisotopic (exact) mass is 288 g/mol. The van der Waals surface area contributed by atoms with E-state index in [1.54, 1.807) is 11.3 Å². The van der Waals surface area contributed by atoms with Gasteiger partial charge < -0.3 is 5.11 Å². The summed E-state index contributed by atoms with van der Waals surface area (Å²) in [5.41, 5.74) is 0.857. The average Bonchev–Trinajstić information content (AvgIpc) is 3.09. The van der Waals surface area contributed by atoms with Gasteiger partial charge in [-0.3, -0.25) is 4.79 Å². The molecule has 0 radical (unpaired) electrons. The van der Waals surface area contributed by atoms with Crippen molar-refractivity contribution >= 4 is 34.0 Å². The predicted octanol–water partition coefficient (Wildman–Crippen LogP) is 4.21. The molecule has 2 heterocycles. The minimum Gasteiger partial charge on any atom is -0.480 e. The average molecular weight is 288 g/mol. The van der Waals surface area contributed by atoms with E-state index in [0.717, 1.165) is 15.3 Å². The predicted molar refractivity (Wildman–Crippen MR) is 80.3 cm³/mol. The summed E-state index contributed by atoms with van der Waals surface area (Å²) in [4.78, 5) is 14.0. The SMILES string of the molecule is O=C(O)C1(c2ccccc2)CC=C(c2cccs2)S1. The third-order valence-corrected chi connectivity index (χ3v) is 5.77. The van der Waals surface area contributed by atoms with Crippen LogP contribution >= 0.6 is 23.1 Å². The zero-order chi connectivity index (χ0) is 13.3. The molecule has 96 valence electrons. The molecule has 3 rings (SSSR count). The summed E-state index contributed by atoms with van der Waals surface area (Å²) in [6.07, 6.45) is 2.57. The van der Waals surface area contributed by atoms with Crippen LogP contribution in [0, 0.1) is 0 Å². The number of thioether (sulfide) groups is 1. The van der Waals surface area contributed by atoms with Crippen LogP contribution in [0.25, 0.3) is 4.91 Å². The molecule has 0 fully saturated rings. The van der Waals surface area contributed by atoms with E-state index in [0.29, 0.717) is 6.42 Å². The first-order chi connectivity index (χ1) is 9.22. The Morgan fingerprint density at radius 2 is 1.95 bits per heavy atom. The number of allylic oxidation sites excluding steroid dienone is 1. The van der Waals surface area contributed by atoms with E-state index in [1.807, 2.05) is 53.9 Å². The van der Waals surface area contributed by atoms with Gasteiger partial charge in [-0.05, 0) is 23.4 Å². The minimum atomic E-state index is -0.874. The Morgan fingerprint density at radius 3 is 2.58 bits per heavy atom. The second-order valence-electron chi connectivity index (χ2n) is 4.35. The van der Waals surface area contributed by atoms with Crippen molar-refractivity contribution in [2.75, 3.05) is 0 Å². The van der Waals surface area contributed by atoms with E-state index in [9.17, 15) is 9.90 Å². The molecule has 0 bridgehead atoms. The molecule has 1 aliphatic heterocycles. The van der Waals surface area contributed by atoms with Gasteiger partial charge in [-0.25, -0.2) is 0 Å². The summed E-state index contributed by atoms with van der Waals surface area (Å²) < 4.78 is -0.874. The van der Waals surface area contributed by atoms with E-state index >= 15 is 0 Å². The lowest BCUT2D eigenvalue weighted by atomic mass is 9.95. The van der Waals surface area contributed by atoms with E-state index in [4.69, 9.17) is 0 Å². The molecule has 1 aromatic carbocycles. The van der Waals surface area contributed by atoms with Crippen molar-refractivity contribution < 1.29 is 9.90 Å². The van der Waals surface area contributed by atoms with Gasteiger partial charge in [-0.2, -0.15) is 0 Å². The lowest BCUT2D eigenvalue weighted by molar-refractivity contribution is -0.140. The zero-order valence-electron chi connectivity index (χ0n) is 10.1. The fourth-order valence-corrected chi connectivity index (χ4v) is 4.36. The van der Waals surface area contributed by atoms with Crippen molar-refractivity contribution in [3.8, 4) is 0 Å². The molecule has 1 aliphatic rings. The molecule has 1 atom stereocenters. The molecular formula is C15H12O2S2. The Hall–Kier alpha value is -1.52. The largest absolute Gasteiger partial charge is 0.480 e. The summed E-state index contributed by atoms with van der Waals surface area (Å²) in [6, 6.07) is 13.5. The number of carbonyl (C=O) groups is 1. The van der Waals surface area contributed by atoms with Crippen LogP contribution in [0.4, 0.5) is 0 Å². The van der Waals surface area contributed by atoms with Gasteiger partial charge in [0.25, 0.3) is 0 Å². The third kappa shape index (κ3) is 2.11. The molecule has 2 aromatic rings. The van der Waals surface area contributed by atoms with Crippen LogP contribution in [0.1, 0.15) is 16.9 Å². The van der Waals surface area contributed by atoms with Crippen LogP contribution in [0.5, 0.6) is 0 Å². The minimum absolute atomic E-state index is 0.532. The Kier molecular flexibility index (Phi) is 3.21. The van der Waals surface area contributed by atoms with Crippen molar-refractivity contribution in [2.24, 2.45) is 0 Å². The van der Waals surface area contributed by atoms with Crippen molar-refractivity contribution in [2.45, 2.75) is 11.2 Å². The molecule has 0 saturated heterocycles. The zero-order valence-corrected chi connectivity index (χ0v) is 11.7. The van der Waals surface area contributed by atoms with Gasteiger partial charge in [0.2, 0.25) is 0 Å². The molecule has 1 unspecified atom stereocenters. The first kappa shape index (κ1) is 12.5. The number of hydrogen-bond donors (Lipinski definition) is 1. The summed E-state index contributed by atoms with van der Waals surface area (Å²) in [5, 5.41) is 11.7. The highest BCUT2D eigenvalue weighted by molar-refractivity contribution is 8.10. The Bertz CT molecular complexity index is 617. The number of benzene rings is 1. The van der Waals surface area contributed by atoms with E-state index in [1.165, 1.54) is 11.8 Å². The first-order valence-corrected chi connectivity index (χ1v) is 7.64. The first-order valence-electron chi connectivity index (χ1n) is 5.94. The molecule has 1 aromatic heterocycles. The number of thiophene rings is 1. The van der Waals surface area contributed by atoms with E-state index < -0.39 is 10.7 Å². The Balaban J connectivity index is 1.97. The Labute approximate surface area is 119 Å². The summed E-state index contributed by atoms with van der Waals surface area (Å²) in [6.45, 7) is 0. The van der Waals surface area contributed by atoms with Gasteiger partial charge >= 0.3 is 5.97 Å². The highest BCUT2D eigenvalue weighted by atomic mass is 32.2. The highest BCUT2D eigenvalue weighted by Crippen LogP contribution is 2.53. The lowest BCUT2D eigenvalue weighted by Crippen LogP contribution is -2.29. The quantitative estimate of drug-likeness (QED) is 0.919. The molecule has 19 heavy (non-hydrogen) atoms. The smallest absolute Gasteiger partial charge is 0.325 e. The summed E-state index contributed by atoms with van der Waals surface area (Å²) >= 11 is 3.09. The molecule has 0 spiro atoms. The molecule has 4 heteroatoms. The van der Waals surface area contributed by atoms with Crippen LogP contribution in [-0.2, 0) is 9.54 Å². The topological polar surface area (TPSA) is 37.3 Å². The van der Waals surface area contributed by atoms with Crippen molar-refractivity contribution in [3.63, 3.8) is 0 Å². The van der Waals surface area contributed by atoms with Crippen molar-refractivity contribution in [1.82, 2.24) is 0 Å². The molecule has 0 aliphatic carbocycles. The fraction of sp³-hybridized carbons (Fsp3) is 0.133. The van der Waals surface area contributed by atoms with Gasteiger partial charge in [0.1, 0.15) is 4.75 Å². The second-order valence-corrected chi connectivity index (χ2v) is 6.64. The maximum absolute atomic E-state index is 11.8. The molecule has 1 N–H and O–H groups in total. The van der Waals surface area contributed by atoms with Gasteiger partial charge in [0.15, 0.2) is 0 Å². The highest BCUT2D eigenvalue weighted by Gasteiger charge is 2.44. The van der Waals surface area contributed by atoms with E-state index in [-0.39, 0.29) is 0 Å². The lowest BCUT2D eigenvalue weighted by Gasteiger charge is -2.24. The third-order valence-electron chi connectivity index (χ3n) is 3.21. The molecular weight excluding hydrogens is 276 g/mol. The van der Waals surface area contributed by atoms with Crippen LogP contribution in [-0.4, -0.2) is 11.1 Å².